The highest BCUT2D eigenvalue weighted by Crippen LogP contribution is 2.24. The van der Waals surface area contributed by atoms with Crippen LogP contribution < -0.4 is 5.32 Å². The number of esters is 1. The van der Waals surface area contributed by atoms with Crippen LogP contribution >= 0.6 is 22.9 Å². The largest absolute Gasteiger partial charge is 0.447 e. The lowest BCUT2D eigenvalue weighted by Gasteiger charge is -2.18. The molecule has 0 saturated carbocycles. The van der Waals surface area contributed by atoms with Gasteiger partial charge in [0.1, 0.15) is 5.82 Å². The van der Waals surface area contributed by atoms with Crippen molar-refractivity contribution >= 4 is 46.3 Å². The van der Waals surface area contributed by atoms with Crippen molar-refractivity contribution in [2.75, 3.05) is 5.32 Å². The molecular formula is C22H17ClFNO4S. The predicted octanol–water partition coefficient (Wildman–Crippen LogP) is 5.43. The highest BCUT2D eigenvalue weighted by molar-refractivity contribution is 7.18. The molecule has 1 atom stereocenters. The Labute approximate surface area is 181 Å². The van der Waals surface area contributed by atoms with Crippen LogP contribution in [-0.4, -0.2) is 17.7 Å². The molecule has 30 heavy (non-hydrogen) atoms. The molecule has 1 N–H and O–H groups in total. The fourth-order valence-electron chi connectivity index (χ4n) is 2.64. The first kappa shape index (κ1) is 21.7. The van der Waals surface area contributed by atoms with Crippen molar-refractivity contribution in [3.05, 3.63) is 87.3 Å². The third kappa shape index (κ3) is 5.98. The van der Waals surface area contributed by atoms with Gasteiger partial charge in [-0.3, -0.25) is 14.4 Å². The molecular weight excluding hydrogens is 429 g/mol. The van der Waals surface area contributed by atoms with E-state index in [1.807, 2.05) is 0 Å². The number of Topliss-reactive ketones (excluding diaryl/α,β-unsaturated/α-hetero) is 1. The van der Waals surface area contributed by atoms with Crippen LogP contribution in [0.25, 0.3) is 0 Å². The molecule has 0 saturated heterocycles. The van der Waals surface area contributed by atoms with Crippen molar-refractivity contribution in [2.45, 2.75) is 18.9 Å². The van der Waals surface area contributed by atoms with E-state index in [4.69, 9.17) is 16.3 Å². The summed E-state index contributed by atoms with van der Waals surface area (Å²) in [6.07, 6.45) is -1.45. The number of halogens is 2. The Morgan fingerprint density at radius 2 is 1.67 bits per heavy atom. The number of rotatable bonds is 8. The van der Waals surface area contributed by atoms with Gasteiger partial charge in [0.05, 0.1) is 15.6 Å². The van der Waals surface area contributed by atoms with E-state index in [0.29, 0.717) is 20.5 Å². The van der Waals surface area contributed by atoms with Crippen LogP contribution in [0.4, 0.5) is 10.1 Å². The summed E-state index contributed by atoms with van der Waals surface area (Å²) in [5.74, 6) is -1.93. The average molecular weight is 446 g/mol. The van der Waals surface area contributed by atoms with E-state index in [-0.39, 0.29) is 18.6 Å². The van der Waals surface area contributed by atoms with Gasteiger partial charge in [0.25, 0.3) is 5.91 Å². The second-order valence-electron chi connectivity index (χ2n) is 6.30. The van der Waals surface area contributed by atoms with Crippen molar-refractivity contribution in [3.8, 4) is 0 Å². The number of carbonyl (C=O) groups excluding carboxylic acids is 3. The van der Waals surface area contributed by atoms with E-state index in [0.717, 1.165) is 11.3 Å². The maximum absolute atomic E-state index is 13.1. The summed E-state index contributed by atoms with van der Waals surface area (Å²) in [7, 11) is 0. The fraction of sp³-hybridized carbons (Fsp3) is 0.136. The first-order valence-corrected chi connectivity index (χ1v) is 10.2. The molecule has 1 aromatic heterocycles. The molecule has 154 valence electrons. The summed E-state index contributed by atoms with van der Waals surface area (Å²) in [5, 5.41) is 2.60. The zero-order valence-corrected chi connectivity index (χ0v) is 17.2. The molecule has 0 radical (unpaired) electrons. The van der Waals surface area contributed by atoms with Gasteiger partial charge in [0.15, 0.2) is 5.78 Å². The van der Waals surface area contributed by atoms with Crippen molar-refractivity contribution < 1.29 is 23.5 Å². The van der Waals surface area contributed by atoms with E-state index >= 15 is 0 Å². The maximum Gasteiger partial charge on any atom is 0.307 e. The number of benzene rings is 2. The Bertz CT molecular complexity index is 1040. The number of ether oxygens (including phenoxy) is 1. The third-order valence-corrected chi connectivity index (χ3v) is 5.38. The van der Waals surface area contributed by atoms with Crippen molar-refractivity contribution in [1.82, 2.24) is 0 Å². The highest BCUT2D eigenvalue weighted by Gasteiger charge is 2.25. The lowest BCUT2D eigenvalue weighted by atomic mass is 10.1. The molecule has 1 unspecified atom stereocenters. The normalized spacial score (nSPS) is 11.5. The molecule has 0 bridgehead atoms. The number of ketones is 1. The number of anilines is 1. The van der Waals surface area contributed by atoms with Crippen LogP contribution in [0.3, 0.4) is 0 Å². The summed E-state index contributed by atoms with van der Waals surface area (Å²) in [4.78, 5) is 37.7. The van der Waals surface area contributed by atoms with Gasteiger partial charge in [-0.25, -0.2) is 4.39 Å². The van der Waals surface area contributed by atoms with Crippen LogP contribution in [0, 0.1) is 5.82 Å². The monoisotopic (exact) mass is 445 g/mol. The summed E-state index contributed by atoms with van der Waals surface area (Å²) in [6.45, 7) is 0. The van der Waals surface area contributed by atoms with Gasteiger partial charge in [0, 0.05) is 17.7 Å². The summed E-state index contributed by atoms with van der Waals surface area (Å²) in [6, 6.07) is 16.9. The van der Waals surface area contributed by atoms with Crippen LogP contribution in [0.2, 0.25) is 4.34 Å². The topological polar surface area (TPSA) is 72.5 Å². The van der Waals surface area contributed by atoms with E-state index in [2.05, 4.69) is 5.32 Å². The summed E-state index contributed by atoms with van der Waals surface area (Å²) >= 11 is 6.96. The molecule has 8 heteroatoms. The zero-order valence-electron chi connectivity index (χ0n) is 15.6. The molecule has 0 aliphatic carbocycles. The third-order valence-electron chi connectivity index (χ3n) is 4.11. The van der Waals surface area contributed by atoms with Crippen LogP contribution in [0.5, 0.6) is 0 Å². The minimum Gasteiger partial charge on any atom is -0.447 e. The van der Waals surface area contributed by atoms with Gasteiger partial charge in [-0.2, -0.15) is 0 Å². The Hall–Kier alpha value is -3.03. The number of nitrogens with one attached hydrogen (secondary N) is 1. The molecule has 5 nitrogen and oxygen atoms in total. The number of carbonyl (C=O) groups is 3. The van der Waals surface area contributed by atoms with E-state index in [1.165, 1.54) is 24.3 Å². The summed E-state index contributed by atoms with van der Waals surface area (Å²) in [5.41, 5.74) is 0.838. The number of hydrogen-bond acceptors (Lipinski definition) is 5. The minimum atomic E-state index is -1.21. The zero-order chi connectivity index (χ0) is 21.5. The molecule has 1 heterocycles. The van der Waals surface area contributed by atoms with Gasteiger partial charge in [-0.05, 0) is 36.4 Å². The van der Waals surface area contributed by atoms with Crippen LogP contribution in [-0.2, 0) is 14.3 Å². The quantitative estimate of drug-likeness (QED) is 0.371. The first-order chi connectivity index (χ1) is 14.4. The Kier molecular flexibility index (Phi) is 7.32. The number of thiophene rings is 1. The van der Waals surface area contributed by atoms with Gasteiger partial charge >= 0.3 is 5.97 Å². The minimum absolute atomic E-state index is 0.0588. The Morgan fingerprint density at radius 3 is 2.30 bits per heavy atom. The Morgan fingerprint density at radius 1 is 0.967 bits per heavy atom. The molecule has 0 aliphatic rings. The lowest BCUT2D eigenvalue weighted by Crippen LogP contribution is -2.26. The molecule has 1 amide bonds. The fourth-order valence-corrected chi connectivity index (χ4v) is 3.65. The molecule has 0 spiro atoms. The second-order valence-corrected chi connectivity index (χ2v) is 8.02. The maximum atomic E-state index is 13.1. The first-order valence-electron chi connectivity index (χ1n) is 9.02. The molecule has 0 fully saturated rings. The SMILES string of the molecule is O=C(CCC(=O)c1ccc(Cl)s1)OC(C(=O)Nc1ccc(F)cc1)c1ccccc1. The van der Waals surface area contributed by atoms with Crippen molar-refractivity contribution in [2.24, 2.45) is 0 Å². The van der Waals surface area contributed by atoms with E-state index in [9.17, 15) is 18.8 Å². The highest BCUT2D eigenvalue weighted by atomic mass is 35.5. The molecule has 0 aliphatic heterocycles. The van der Waals surface area contributed by atoms with Crippen LogP contribution in [0.15, 0.2) is 66.7 Å². The second kappa shape index (κ2) is 10.1. The van der Waals surface area contributed by atoms with E-state index in [1.54, 1.807) is 42.5 Å². The summed E-state index contributed by atoms with van der Waals surface area (Å²) < 4.78 is 19.0. The standard InChI is InChI=1S/C22H17ClFNO4S/c23-19-12-11-18(30-19)17(26)10-13-20(27)29-21(14-4-2-1-3-5-14)22(28)25-16-8-6-15(24)7-9-16/h1-9,11-12,21H,10,13H2,(H,25,28). The molecule has 2 aromatic carbocycles. The average Bonchev–Trinajstić information content (AvgIpc) is 3.19. The van der Waals surface area contributed by atoms with Gasteiger partial charge in [-0.1, -0.05) is 41.9 Å². The molecule has 3 aromatic rings. The number of hydrogen-bond donors (Lipinski definition) is 1. The van der Waals surface area contributed by atoms with Gasteiger partial charge < -0.3 is 10.1 Å². The Balaban J connectivity index is 1.66. The van der Waals surface area contributed by atoms with Crippen LogP contribution in [0.1, 0.15) is 34.2 Å². The molecule has 3 rings (SSSR count). The number of amides is 1. The predicted molar refractivity (Wildman–Crippen MR) is 113 cm³/mol. The smallest absolute Gasteiger partial charge is 0.307 e. The lowest BCUT2D eigenvalue weighted by molar-refractivity contribution is -0.154. The van der Waals surface area contributed by atoms with Gasteiger partial charge in [-0.15, -0.1) is 11.3 Å². The van der Waals surface area contributed by atoms with E-state index < -0.39 is 23.8 Å². The van der Waals surface area contributed by atoms with Crippen molar-refractivity contribution in [3.63, 3.8) is 0 Å². The van der Waals surface area contributed by atoms with Crippen molar-refractivity contribution in [1.29, 1.82) is 0 Å². The van der Waals surface area contributed by atoms with Gasteiger partial charge in [0.2, 0.25) is 6.10 Å².